The maximum atomic E-state index is 9.89. The first-order chi connectivity index (χ1) is 7.89. The number of rotatable bonds is 2. The Bertz CT molecular complexity index is 525. The standard InChI is InChI=1S/C12H11Cl2NOS/c1-12(2,16)9-6-15-11(17-9)10-7(13)4-3-5-8(10)14/h3-6,16H,1-2H3. The molecule has 0 saturated carbocycles. The maximum absolute atomic E-state index is 9.89. The molecule has 2 aromatic rings. The van der Waals surface area contributed by atoms with E-state index in [1.54, 1.807) is 38.2 Å². The van der Waals surface area contributed by atoms with Crippen molar-refractivity contribution in [2.45, 2.75) is 19.4 Å². The van der Waals surface area contributed by atoms with Crippen LogP contribution in [-0.4, -0.2) is 10.1 Å². The van der Waals surface area contributed by atoms with Crippen molar-refractivity contribution in [3.8, 4) is 10.6 Å². The minimum Gasteiger partial charge on any atom is -0.385 e. The van der Waals surface area contributed by atoms with E-state index in [0.29, 0.717) is 10.0 Å². The molecule has 1 aromatic heterocycles. The van der Waals surface area contributed by atoms with Crippen LogP contribution in [0.15, 0.2) is 24.4 Å². The lowest BCUT2D eigenvalue weighted by Gasteiger charge is -2.13. The summed E-state index contributed by atoms with van der Waals surface area (Å²) >= 11 is 13.6. The summed E-state index contributed by atoms with van der Waals surface area (Å²) in [5.74, 6) is 0. The van der Waals surface area contributed by atoms with Gasteiger partial charge in [-0.2, -0.15) is 0 Å². The van der Waals surface area contributed by atoms with Crippen molar-refractivity contribution in [2.24, 2.45) is 0 Å². The molecule has 0 aliphatic rings. The second-order valence-electron chi connectivity index (χ2n) is 4.19. The van der Waals surface area contributed by atoms with Gasteiger partial charge in [0, 0.05) is 11.8 Å². The number of aromatic nitrogens is 1. The normalized spacial score (nSPS) is 11.8. The number of aliphatic hydroxyl groups is 1. The Morgan fingerprint density at radius 3 is 2.29 bits per heavy atom. The summed E-state index contributed by atoms with van der Waals surface area (Å²) in [4.78, 5) is 5.05. The number of nitrogens with zero attached hydrogens (tertiary/aromatic N) is 1. The van der Waals surface area contributed by atoms with E-state index in [0.717, 1.165) is 15.4 Å². The van der Waals surface area contributed by atoms with E-state index in [4.69, 9.17) is 23.2 Å². The zero-order chi connectivity index (χ0) is 12.6. The van der Waals surface area contributed by atoms with E-state index in [2.05, 4.69) is 4.98 Å². The highest BCUT2D eigenvalue weighted by Gasteiger charge is 2.21. The highest BCUT2D eigenvalue weighted by atomic mass is 35.5. The van der Waals surface area contributed by atoms with Gasteiger partial charge >= 0.3 is 0 Å². The molecule has 0 amide bonds. The molecule has 2 rings (SSSR count). The molecule has 1 N–H and O–H groups in total. The van der Waals surface area contributed by atoms with E-state index in [1.807, 2.05) is 0 Å². The molecule has 2 nitrogen and oxygen atoms in total. The summed E-state index contributed by atoms with van der Waals surface area (Å²) in [5.41, 5.74) is -0.180. The third kappa shape index (κ3) is 2.63. The molecule has 0 spiro atoms. The molecule has 0 bridgehead atoms. The van der Waals surface area contributed by atoms with E-state index in [-0.39, 0.29) is 0 Å². The Hall–Kier alpha value is -0.610. The molecule has 90 valence electrons. The second kappa shape index (κ2) is 4.58. The van der Waals surface area contributed by atoms with Crippen LogP contribution in [0, 0.1) is 0 Å². The molecule has 1 heterocycles. The highest BCUT2D eigenvalue weighted by Crippen LogP contribution is 2.38. The average molecular weight is 288 g/mol. The van der Waals surface area contributed by atoms with Crippen LogP contribution in [0.5, 0.6) is 0 Å². The molecule has 0 unspecified atom stereocenters. The number of benzene rings is 1. The van der Waals surface area contributed by atoms with E-state index >= 15 is 0 Å². The molecule has 17 heavy (non-hydrogen) atoms. The molecule has 0 aliphatic heterocycles. The van der Waals surface area contributed by atoms with Crippen molar-refractivity contribution in [1.29, 1.82) is 0 Å². The Kier molecular flexibility index (Phi) is 3.46. The lowest BCUT2D eigenvalue weighted by molar-refractivity contribution is 0.0823. The average Bonchev–Trinajstić information content (AvgIpc) is 2.65. The Balaban J connectivity index is 2.51. The summed E-state index contributed by atoms with van der Waals surface area (Å²) in [6.45, 7) is 3.44. The molecule has 0 fully saturated rings. The van der Waals surface area contributed by atoms with Crippen LogP contribution in [0.2, 0.25) is 10.0 Å². The minimum absolute atomic E-state index is 0.564. The van der Waals surface area contributed by atoms with Crippen molar-refractivity contribution in [2.75, 3.05) is 0 Å². The van der Waals surface area contributed by atoms with Gasteiger partial charge in [0.25, 0.3) is 0 Å². The summed E-state index contributed by atoms with van der Waals surface area (Å²) in [6.07, 6.45) is 1.65. The number of halogens is 2. The SMILES string of the molecule is CC(C)(O)c1cnc(-c2c(Cl)cccc2Cl)s1. The van der Waals surface area contributed by atoms with Crippen LogP contribution >= 0.6 is 34.5 Å². The van der Waals surface area contributed by atoms with Crippen LogP contribution in [0.4, 0.5) is 0 Å². The van der Waals surface area contributed by atoms with Gasteiger partial charge in [0.05, 0.1) is 20.5 Å². The zero-order valence-electron chi connectivity index (χ0n) is 9.37. The van der Waals surface area contributed by atoms with Gasteiger partial charge in [-0.3, -0.25) is 0 Å². The van der Waals surface area contributed by atoms with Gasteiger partial charge in [-0.15, -0.1) is 11.3 Å². The van der Waals surface area contributed by atoms with Crippen molar-refractivity contribution >= 4 is 34.5 Å². The van der Waals surface area contributed by atoms with Gasteiger partial charge in [0.1, 0.15) is 5.01 Å². The van der Waals surface area contributed by atoms with Crippen molar-refractivity contribution < 1.29 is 5.11 Å². The quantitative estimate of drug-likeness (QED) is 0.891. The monoisotopic (exact) mass is 287 g/mol. The molecular weight excluding hydrogens is 277 g/mol. The number of hydrogen-bond donors (Lipinski definition) is 1. The van der Waals surface area contributed by atoms with Crippen LogP contribution < -0.4 is 0 Å². The van der Waals surface area contributed by atoms with Crippen molar-refractivity contribution in [1.82, 2.24) is 4.98 Å². The lowest BCUT2D eigenvalue weighted by Crippen LogP contribution is -2.12. The molecule has 0 saturated heterocycles. The predicted molar refractivity (Wildman–Crippen MR) is 72.8 cm³/mol. The fourth-order valence-corrected chi connectivity index (χ4v) is 3.05. The van der Waals surface area contributed by atoms with Gasteiger partial charge in [0.15, 0.2) is 0 Å². The molecular formula is C12H11Cl2NOS. The first-order valence-electron chi connectivity index (χ1n) is 5.02. The van der Waals surface area contributed by atoms with Gasteiger partial charge in [-0.05, 0) is 26.0 Å². The topological polar surface area (TPSA) is 33.1 Å². The summed E-state index contributed by atoms with van der Waals surface area (Å²) in [6, 6.07) is 5.33. The summed E-state index contributed by atoms with van der Waals surface area (Å²) in [5, 5.41) is 11.7. The number of hydrogen-bond acceptors (Lipinski definition) is 3. The summed E-state index contributed by atoms with van der Waals surface area (Å²) < 4.78 is 0. The van der Waals surface area contributed by atoms with Crippen LogP contribution in [0.1, 0.15) is 18.7 Å². The molecule has 5 heteroatoms. The van der Waals surface area contributed by atoms with Gasteiger partial charge in [-0.25, -0.2) is 4.98 Å². The number of thiazole rings is 1. The second-order valence-corrected chi connectivity index (χ2v) is 6.03. The van der Waals surface area contributed by atoms with Crippen LogP contribution in [0.3, 0.4) is 0 Å². The van der Waals surface area contributed by atoms with E-state index in [1.165, 1.54) is 11.3 Å². The molecule has 0 atom stereocenters. The fraction of sp³-hybridized carbons (Fsp3) is 0.250. The first-order valence-corrected chi connectivity index (χ1v) is 6.60. The molecule has 1 aromatic carbocycles. The first kappa shape index (κ1) is 12.8. The Morgan fingerprint density at radius 2 is 1.82 bits per heavy atom. The maximum Gasteiger partial charge on any atom is 0.126 e. The third-order valence-electron chi connectivity index (χ3n) is 2.29. The lowest BCUT2D eigenvalue weighted by atomic mass is 10.1. The minimum atomic E-state index is -0.899. The Morgan fingerprint density at radius 1 is 1.24 bits per heavy atom. The van der Waals surface area contributed by atoms with E-state index in [9.17, 15) is 5.11 Å². The van der Waals surface area contributed by atoms with Crippen molar-refractivity contribution in [3.63, 3.8) is 0 Å². The third-order valence-corrected chi connectivity index (χ3v) is 4.24. The predicted octanol–water partition coefficient (Wildman–Crippen LogP) is 4.34. The molecule has 0 aliphatic carbocycles. The highest BCUT2D eigenvalue weighted by molar-refractivity contribution is 7.15. The smallest absolute Gasteiger partial charge is 0.126 e. The fourth-order valence-electron chi connectivity index (χ4n) is 1.37. The summed E-state index contributed by atoms with van der Waals surface area (Å²) in [7, 11) is 0. The Labute approximate surface area is 114 Å². The molecule has 0 radical (unpaired) electrons. The van der Waals surface area contributed by atoms with Crippen LogP contribution in [-0.2, 0) is 5.60 Å². The zero-order valence-corrected chi connectivity index (χ0v) is 11.7. The van der Waals surface area contributed by atoms with Gasteiger partial charge < -0.3 is 5.11 Å². The van der Waals surface area contributed by atoms with Crippen molar-refractivity contribution in [3.05, 3.63) is 39.3 Å². The van der Waals surface area contributed by atoms with E-state index < -0.39 is 5.60 Å². The van der Waals surface area contributed by atoms with Gasteiger partial charge in [0.2, 0.25) is 0 Å². The van der Waals surface area contributed by atoms with Crippen LogP contribution in [0.25, 0.3) is 10.6 Å². The largest absolute Gasteiger partial charge is 0.385 e. The van der Waals surface area contributed by atoms with Gasteiger partial charge in [-0.1, -0.05) is 29.3 Å².